The fourth-order valence-corrected chi connectivity index (χ4v) is 4.77. The number of nitrogens with zero attached hydrogens (tertiary/aromatic N) is 4. The number of anilines is 2. The predicted octanol–water partition coefficient (Wildman–Crippen LogP) is 3.50. The molecule has 0 N–H and O–H groups in total. The van der Waals surface area contributed by atoms with Crippen molar-refractivity contribution in [1.29, 1.82) is 0 Å². The Morgan fingerprint density at radius 1 is 1.24 bits per heavy atom. The van der Waals surface area contributed by atoms with E-state index in [4.69, 9.17) is 0 Å². The van der Waals surface area contributed by atoms with Crippen LogP contribution < -0.4 is 9.80 Å². The molecular weight excluding hydrogens is 332 g/mol. The van der Waals surface area contributed by atoms with Gasteiger partial charge in [-0.3, -0.25) is 14.6 Å². The summed E-state index contributed by atoms with van der Waals surface area (Å²) in [6, 6.07) is 8.71. The number of aromatic nitrogens is 1. The molecule has 1 amide bonds. The van der Waals surface area contributed by atoms with E-state index < -0.39 is 0 Å². The summed E-state index contributed by atoms with van der Waals surface area (Å²) in [6.07, 6.45) is 3.79. The molecule has 132 valence electrons. The molecule has 0 saturated carbocycles. The molecule has 1 aromatic heterocycles. The average Bonchev–Trinajstić information content (AvgIpc) is 3.35. The second kappa shape index (κ2) is 6.77. The highest BCUT2D eigenvalue weighted by atomic mass is 32.1. The van der Waals surface area contributed by atoms with Gasteiger partial charge in [0.1, 0.15) is 6.17 Å². The van der Waals surface area contributed by atoms with Crippen molar-refractivity contribution in [2.45, 2.75) is 38.9 Å². The van der Waals surface area contributed by atoms with E-state index in [1.54, 1.807) is 6.20 Å². The largest absolute Gasteiger partial charge is 0.372 e. The van der Waals surface area contributed by atoms with E-state index in [2.05, 4.69) is 52.9 Å². The van der Waals surface area contributed by atoms with Crippen molar-refractivity contribution in [1.82, 2.24) is 9.88 Å². The zero-order valence-electron chi connectivity index (χ0n) is 14.8. The molecule has 0 aliphatic carbocycles. The lowest BCUT2D eigenvalue weighted by Crippen LogP contribution is -2.32. The predicted molar refractivity (Wildman–Crippen MR) is 102 cm³/mol. The number of hydrogen-bond acceptors (Lipinski definition) is 5. The molecule has 0 unspecified atom stereocenters. The number of amides is 1. The second-order valence-electron chi connectivity index (χ2n) is 6.56. The van der Waals surface area contributed by atoms with Gasteiger partial charge in [-0.25, -0.2) is 4.98 Å². The van der Waals surface area contributed by atoms with Gasteiger partial charge in [0, 0.05) is 36.9 Å². The molecular formula is C19H24N4OS. The Balaban J connectivity index is 1.69. The Morgan fingerprint density at radius 3 is 2.64 bits per heavy atom. The standard InChI is InChI=1S/C19H24N4OS/c1-3-21(4-2)15-9-7-14(8-10-15)17-22-12-5-6-16(22)18(24)23(17)19-20-11-13-25-19/h7-11,13,16-17H,3-6,12H2,1-2H3/t16-,17+/m0/s1. The lowest BCUT2D eigenvalue weighted by atomic mass is 10.1. The maximum Gasteiger partial charge on any atom is 0.247 e. The highest BCUT2D eigenvalue weighted by molar-refractivity contribution is 7.13. The number of hydrogen-bond donors (Lipinski definition) is 0. The maximum atomic E-state index is 13.0. The Labute approximate surface area is 152 Å². The molecule has 4 rings (SSSR count). The van der Waals surface area contributed by atoms with E-state index in [-0.39, 0.29) is 18.1 Å². The molecule has 5 nitrogen and oxygen atoms in total. The molecule has 6 heteroatoms. The molecule has 0 bridgehead atoms. The Kier molecular flexibility index (Phi) is 4.48. The fourth-order valence-electron chi connectivity index (χ4n) is 4.10. The van der Waals surface area contributed by atoms with Gasteiger partial charge in [-0.2, -0.15) is 0 Å². The van der Waals surface area contributed by atoms with Gasteiger partial charge in [-0.05, 0) is 44.4 Å². The van der Waals surface area contributed by atoms with Gasteiger partial charge >= 0.3 is 0 Å². The first kappa shape index (κ1) is 16.5. The van der Waals surface area contributed by atoms with Crippen LogP contribution in [0.5, 0.6) is 0 Å². The number of thiazole rings is 1. The molecule has 2 atom stereocenters. The van der Waals surface area contributed by atoms with Crippen LogP contribution in [0.3, 0.4) is 0 Å². The van der Waals surface area contributed by atoms with E-state index in [0.29, 0.717) is 0 Å². The van der Waals surface area contributed by atoms with E-state index >= 15 is 0 Å². The molecule has 2 fully saturated rings. The molecule has 2 aliphatic heterocycles. The second-order valence-corrected chi connectivity index (χ2v) is 7.43. The van der Waals surface area contributed by atoms with Gasteiger partial charge in [0.05, 0.1) is 6.04 Å². The van der Waals surface area contributed by atoms with Gasteiger partial charge in [0.2, 0.25) is 5.91 Å². The lowest BCUT2D eigenvalue weighted by Gasteiger charge is -2.29. The summed E-state index contributed by atoms with van der Waals surface area (Å²) in [5, 5.41) is 2.74. The van der Waals surface area contributed by atoms with Crippen LogP contribution in [-0.4, -0.2) is 41.5 Å². The number of carbonyl (C=O) groups is 1. The minimum atomic E-state index is -0.0306. The maximum absolute atomic E-state index is 13.0. The number of fused-ring (bicyclic) bond motifs is 1. The summed E-state index contributed by atoms with van der Waals surface area (Å²) in [6.45, 7) is 7.31. The smallest absolute Gasteiger partial charge is 0.247 e. The zero-order chi connectivity index (χ0) is 17.4. The quantitative estimate of drug-likeness (QED) is 0.822. The van der Waals surface area contributed by atoms with Gasteiger partial charge in [0.15, 0.2) is 5.13 Å². The van der Waals surface area contributed by atoms with Crippen LogP contribution in [0.25, 0.3) is 0 Å². The van der Waals surface area contributed by atoms with Crippen LogP contribution in [0.15, 0.2) is 35.8 Å². The van der Waals surface area contributed by atoms with Crippen molar-refractivity contribution in [3.05, 3.63) is 41.4 Å². The molecule has 2 saturated heterocycles. The van der Waals surface area contributed by atoms with Gasteiger partial charge < -0.3 is 4.90 Å². The molecule has 0 radical (unpaired) electrons. The summed E-state index contributed by atoms with van der Waals surface area (Å²) in [5.41, 5.74) is 2.40. The summed E-state index contributed by atoms with van der Waals surface area (Å²) in [7, 11) is 0. The van der Waals surface area contributed by atoms with E-state index in [0.717, 1.165) is 37.6 Å². The van der Waals surface area contributed by atoms with Crippen LogP contribution >= 0.6 is 11.3 Å². The van der Waals surface area contributed by atoms with Crippen LogP contribution in [0, 0.1) is 0 Å². The molecule has 25 heavy (non-hydrogen) atoms. The molecule has 2 aromatic rings. The fraction of sp³-hybridized carbons (Fsp3) is 0.474. The van der Waals surface area contributed by atoms with Crippen molar-refractivity contribution in [2.24, 2.45) is 0 Å². The summed E-state index contributed by atoms with van der Waals surface area (Å²) in [5.74, 6) is 0.199. The van der Waals surface area contributed by atoms with Crippen molar-refractivity contribution < 1.29 is 4.79 Å². The Morgan fingerprint density at radius 2 is 2.00 bits per heavy atom. The molecule has 3 heterocycles. The Bertz CT molecular complexity index is 726. The third-order valence-electron chi connectivity index (χ3n) is 5.32. The highest BCUT2D eigenvalue weighted by Crippen LogP contribution is 2.43. The van der Waals surface area contributed by atoms with Crippen LogP contribution in [-0.2, 0) is 4.79 Å². The topological polar surface area (TPSA) is 39.7 Å². The lowest BCUT2D eigenvalue weighted by molar-refractivity contribution is -0.119. The SMILES string of the molecule is CCN(CC)c1ccc([C@H]2N(c3nccs3)C(=O)[C@@H]3CCCN32)cc1. The van der Waals surface area contributed by atoms with Crippen molar-refractivity contribution in [3.8, 4) is 0 Å². The first-order valence-corrected chi connectivity index (χ1v) is 9.95. The van der Waals surface area contributed by atoms with Gasteiger partial charge in [-0.1, -0.05) is 12.1 Å². The average molecular weight is 356 g/mol. The summed E-state index contributed by atoms with van der Waals surface area (Å²) >= 11 is 1.54. The van der Waals surface area contributed by atoms with E-state index in [9.17, 15) is 4.79 Å². The monoisotopic (exact) mass is 356 g/mol. The third kappa shape index (κ3) is 2.73. The van der Waals surface area contributed by atoms with Crippen LogP contribution in [0.4, 0.5) is 10.8 Å². The normalized spacial score (nSPS) is 23.3. The molecule has 0 spiro atoms. The first-order chi connectivity index (χ1) is 12.2. The number of rotatable bonds is 5. The van der Waals surface area contributed by atoms with Crippen molar-refractivity contribution in [2.75, 3.05) is 29.4 Å². The van der Waals surface area contributed by atoms with E-state index in [1.807, 2.05) is 10.3 Å². The molecule has 1 aromatic carbocycles. The van der Waals surface area contributed by atoms with Crippen LogP contribution in [0.1, 0.15) is 38.4 Å². The van der Waals surface area contributed by atoms with Gasteiger partial charge in [-0.15, -0.1) is 11.3 Å². The van der Waals surface area contributed by atoms with Crippen LogP contribution in [0.2, 0.25) is 0 Å². The zero-order valence-corrected chi connectivity index (χ0v) is 15.6. The number of carbonyl (C=O) groups excluding carboxylic acids is 1. The number of benzene rings is 1. The van der Waals surface area contributed by atoms with Crippen molar-refractivity contribution >= 4 is 28.1 Å². The Hall–Kier alpha value is -1.92. The summed E-state index contributed by atoms with van der Waals surface area (Å²) in [4.78, 5) is 24.0. The third-order valence-corrected chi connectivity index (χ3v) is 6.09. The first-order valence-electron chi connectivity index (χ1n) is 9.07. The minimum Gasteiger partial charge on any atom is -0.372 e. The van der Waals surface area contributed by atoms with Gasteiger partial charge in [0.25, 0.3) is 0 Å². The van der Waals surface area contributed by atoms with E-state index in [1.165, 1.54) is 22.6 Å². The highest BCUT2D eigenvalue weighted by Gasteiger charge is 2.50. The molecule has 2 aliphatic rings. The minimum absolute atomic E-state index is 0.0105. The van der Waals surface area contributed by atoms with Crippen molar-refractivity contribution in [3.63, 3.8) is 0 Å². The summed E-state index contributed by atoms with van der Waals surface area (Å²) < 4.78 is 0.